The molecule has 1 atom stereocenters. The van der Waals surface area contributed by atoms with Crippen LogP contribution < -0.4 is 4.90 Å². The number of hydrogen-bond donors (Lipinski definition) is 1. The number of nitrogens with zero attached hydrogens (tertiary/aromatic N) is 3. The Kier molecular flexibility index (Phi) is 10.2. The zero-order chi connectivity index (χ0) is 32.0. The quantitative estimate of drug-likeness (QED) is 0.142. The maximum atomic E-state index is 13.8. The average Bonchev–Trinajstić information content (AvgIpc) is 3.47. The number of aromatic nitrogens is 3. The van der Waals surface area contributed by atoms with Crippen LogP contribution >= 0.6 is 31.9 Å². The van der Waals surface area contributed by atoms with Gasteiger partial charge in [0.2, 0.25) is 5.91 Å². The first-order valence-corrected chi connectivity index (χ1v) is 23.6. The van der Waals surface area contributed by atoms with E-state index in [2.05, 4.69) is 133 Å². The molecule has 0 radical (unpaired) electrons. The number of allylic oxidation sites excluding steroid dienone is 1. The Morgan fingerprint density at radius 2 is 1.88 bits per heavy atom. The summed E-state index contributed by atoms with van der Waals surface area (Å²) in [7, 11) is -3.54. The third-order valence-corrected chi connectivity index (χ3v) is 15.9. The second kappa shape index (κ2) is 12.7. The molecule has 1 N–H and O–H groups in total. The van der Waals surface area contributed by atoms with E-state index in [0.717, 1.165) is 44.2 Å². The summed E-state index contributed by atoms with van der Waals surface area (Å²) >= 11 is 7.10. The number of imidazole rings is 1. The number of benzene rings is 1. The van der Waals surface area contributed by atoms with Crippen LogP contribution in [0.2, 0.25) is 43.8 Å². The smallest absolute Gasteiger partial charge is 0.237 e. The van der Waals surface area contributed by atoms with Crippen LogP contribution in [0.3, 0.4) is 0 Å². The summed E-state index contributed by atoms with van der Waals surface area (Å²) in [5, 5.41) is 1.16. The number of H-pyrrole nitrogens is 1. The number of carbonyl (C=O) groups is 1. The number of anilines is 1. The van der Waals surface area contributed by atoms with Crippen LogP contribution in [0.15, 0.2) is 35.1 Å². The zero-order valence-corrected chi connectivity index (χ0v) is 32.6. The average molecular weight is 753 g/mol. The lowest BCUT2D eigenvalue weighted by molar-refractivity contribution is -0.116. The first-order chi connectivity index (χ1) is 19.8. The van der Waals surface area contributed by atoms with Crippen molar-refractivity contribution in [2.45, 2.75) is 96.7 Å². The Balaban J connectivity index is 1.93. The van der Waals surface area contributed by atoms with Crippen molar-refractivity contribution >= 4 is 76.8 Å². The summed E-state index contributed by atoms with van der Waals surface area (Å²) in [6.07, 6.45) is 5.75. The topological polar surface area (TPSA) is 72.4 Å². The zero-order valence-electron chi connectivity index (χ0n) is 27.4. The molecule has 2 aromatic heterocycles. The number of alkyl halides is 1. The van der Waals surface area contributed by atoms with Crippen LogP contribution in [0, 0.1) is 0 Å². The normalized spacial score (nSPS) is 18.4. The largest absolute Gasteiger partial charge is 0.407 e. The van der Waals surface area contributed by atoms with Crippen LogP contribution in [-0.2, 0) is 26.1 Å². The van der Waals surface area contributed by atoms with Gasteiger partial charge in [-0.05, 0) is 48.5 Å². The van der Waals surface area contributed by atoms with Crippen molar-refractivity contribution in [1.29, 1.82) is 0 Å². The van der Waals surface area contributed by atoms with E-state index in [4.69, 9.17) is 14.1 Å². The van der Waals surface area contributed by atoms with E-state index in [1.807, 2.05) is 17.3 Å². The highest BCUT2D eigenvalue weighted by Gasteiger charge is 2.43. The van der Waals surface area contributed by atoms with Crippen molar-refractivity contribution in [1.82, 2.24) is 14.5 Å². The summed E-state index contributed by atoms with van der Waals surface area (Å²) in [5.74, 6) is -0.0267. The van der Waals surface area contributed by atoms with Gasteiger partial charge in [-0.15, -0.1) is 0 Å². The van der Waals surface area contributed by atoms with E-state index in [0.29, 0.717) is 19.9 Å². The van der Waals surface area contributed by atoms with Gasteiger partial charge in [-0.3, -0.25) is 4.79 Å². The number of rotatable bonds is 8. The van der Waals surface area contributed by atoms with Crippen molar-refractivity contribution in [3.05, 3.63) is 52.2 Å². The van der Waals surface area contributed by atoms with E-state index in [1.165, 1.54) is 0 Å². The number of halogens is 2. The van der Waals surface area contributed by atoms with Gasteiger partial charge < -0.3 is 23.6 Å². The first-order valence-electron chi connectivity index (χ1n) is 15.0. The number of carbonyl (C=O) groups excluding carboxylic acids is 1. The number of hydrogen-bond acceptors (Lipinski definition) is 4. The third-order valence-electron chi connectivity index (χ3n) is 8.72. The molecule has 1 aliphatic heterocycles. The fourth-order valence-corrected chi connectivity index (χ4v) is 7.77. The minimum atomic E-state index is -2.30. The predicted molar refractivity (Wildman–Crippen MR) is 192 cm³/mol. The van der Waals surface area contributed by atoms with E-state index >= 15 is 0 Å². The van der Waals surface area contributed by atoms with Gasteiger partial charge in [0, 0.05) is 35.5 Å². The molecular weight excluding hydrogens is 704 g/mol. The Hall–Kier alpha value is -1.51. The van der Waals surface area contributed by atoms with Crippen LogP contribution in [0.1, 0.15) is 57.8 Å². The van der Waals surface area contributed by atoms with Gasteiger partial charge in [-0.2, -0.15) is 0 Å². The summed E-state index contributed by atoms with van der Waals surface area (Å²) in [5.41, 5.74) is 4.22. The molecule has 43 heavy (non-hydrogen) atoms. The maximum Gasteiger partial charge on any atom is 0.237 e. The fraction of sp³-hybridized carbons (Fsp3) is 0.562. The number of nitrogens with one attached hydrogen (secondary N) is 1. The lowest BCUT2D eigenvalue weighted by Crippen LogP contribution is -2.46. The molecular formula is C32H48Br2N4O3Si2. The molecule has 0 spiro atoms. The van der Waals surface area contributed by atoms with Gasteiger partial charge in [0.15, 0.2) is 8.32 Å². The van der Waals surface area contributed by atoms with E-state index in [1.54, 1.807) is 0 Å². The summed E-state index contributed by atoms with van der Waals surface area (Å²) in [6, 6.07) is 7.24. The van der Waals surface area contributed by atoms with Crippen molar-refractivity contribution in [2.75, 3.05) is 23.4 Å². The van der Waals surface area contributed by atoms with Gasteiger partial charge in [-0.1, -0.05) is 92.2 Å². The molecule has 0 saturated carbocycles. The number of aromatic amines is 1. The van der Waals surface area contributed by atoms with Gasteiger partial charge in [0.05, 0.1) is 41.0 Å². The van der Waals surface area contributed by atoms with Crippen molar-refractivity contribution < 1.29 is 14.0 Å². The molecule has 236 valence electrons. The van der Waals surface area contributed by atoms with E-state index in [9.17, 15) is 4.79 Å². The molecule has 1 aliphatic rings. The van der Waals surface area contributed by atoms with Crippen molar-refractivity contribution in [3.63, 3.8) is 0 Å². The summed E-state index contributed by atoms with van der Waals surface area (Å²) < 4.78 is 16.6. The lowest BCUT2D eigenvalue weighted by atomic mass is 9.85. The molecule has 0 aliphatic carbocycles. The fourth-order valence-electron chi connectivity index (χ4n) is 5.10. The minimum absolute atomic E-state index is 0.0267. The molecule has 1 amide bonds. The number of amides is 1. The second-order valence-electron chi connectivity index (χ2n) is 14.9. The molecule has 7 nitrogen and oxygen atoms in total. The monoisotopic (exact) mass is 750 g/mol. The highest BCUT2D eigenvalue weighted by Crippen LogP contribution is 2.44. The Morgan fingerprint density at radius 1 is 1.19 bits per heavy atom. The number of fused-ring (bicyclic) bond motifs is 4. The van der Waals surface area contributed by atoms with Crippen molar-refractivity contribution in [2.24, 2.45) is 0 Å². The summed E-state index contributed by atoms with van der Waals surface area (Å²) in [6.45, 7) is 24.2. The first kappa shape index (κ1) is 34.4. The van der Waals surface area contributed by atoms with Gasteiger partial charge >= 0.3 is 0 Å². The predicted octanol–water partition coefficient (Wildman–Crippen LogP) is 9.23. The summed E-state index contributed by atoms with van der Waals surface area (Å²) in [4.78, 5) is 24.3. The Labute approximate surface area is 276 Å². The number of ether oxygens (including phenoxy) is 1. The molecule has 3 heterocycles. The minimum Gasteiger partial charge on any atom is -0.407 e. The highest BCUT2D eigenvalue weighted by atomic mass is 79.9. The third kappa shape index (κ3) is 7.66. The van der Waals surface area contributed by atoms with E-state index in [-0.39, 0.29) is 16.3 Å². The maximum absolute atomic E-state index is 13.8. The SMILES string of the molecule is CC1(C)/C=C/c2[nH]c3cc(Br)ccc3c2N(C(=O)CBr)CC(O[Si](C)(C)C(C)(C)C)c2c1ncn2COCC[Si](C)(C)C. The van der Waals surface area contributed by atoms with Gasteiger partial charge in [0.1, 0.15) is 12.8 Å². The molecule has 1 aromatic carbocycles. The van der Waals surface area contributed by atoms with Crippen LogP contribution in [0.25, 0.3) is 17.0 Å². The van der Waals surface area contributed by atoms with Crippen LogP contribution in [0.5, 0.6) is 0 Å². The van der Waals surface area contributed by atoms with Gasteiger partial charge in [0.25, 0.3) is 0 Å². The molecule has 0 bridgehead atoms. The molecule has 3 aromatic rings. The van der Waals surface area contributed by atoms with Gasteiger partial charge in [-0.25, -0.2) is 4.98 Å². The second-order valence-corrected chi connectivity index (χ2v) is 26.8. The Bertz CT molecular complexity index is 1500. The molecule has 0 saturated heterocycles. The molecule has 11 heteroatoms. The highest BCUT2D eigenvalue weighted by molar-refractivity contribution is 9.10. The lowest BCUT2D eigenvalue weighted by Gasteiger charge is -2.41. The van der Waals surface area contributed by atoms with Crippen LogP contribution in [-0.4, -0.2) is 55.3 Å². The van der Waals surface area contributed by atoms with Crippen molar-refractivity contribution in [3.8, 4) is 0 Å². The standard InChI is InChI=1S/C32H48Br2N4O3Si2/c1-31(2,3)43(9,10)41-26-19-38(27(39)18-33)28-23-12-11-22(34)17-25(23)36-24(28)13-14-32(4,5)30-29(26)37(20-35-30)21-40-15-16-42(6,7)8/h11-14,17,20,26,36H,15-16,18-19,21H2,1-10H3/b14-13+. The molecule has 4 rings (SSSR count). The Morgan fingerprint density at radius 3 is 2.51 bits per heavy atom. The molecule has 0 fully saturated rings. The molecule has 1 unspecified atom stereocenters. The van der Waals surface area contributed by atoms with Crippen LogP contribution in [0.4, 0.5) is 5.69 Å². The van der Waals surface area contributed by atoms with E-state index < -0.39 is 27.9 Å².